The van der Waals surface area contributed by atoms with Gasteiger partial charge in [0.2, 0.25) is 0 Å². The third kappa shape index (κ3) is 4.52. The van der Waals surface area contributed by atoms with Gasteiger partial charge in [-0.1, -0.05) is 42.9 Å². The van der Waals surface area contributed by atoms with Crippen LogP contribution in [0.2, 0.25) is 0 Å². The van der Waals surface area contributed by atoms with Crippen molar-refractivity contribution in [2.24, 2.45) is 4.99 Å². The summed E-state index contributed by atoms with van der Waals surface area (Å²) in [7, 11) is -3.69. The van der Waals surface area contributed by atoms with E-state index in [1.807, 2.05) is 4.57 Å². The quantitative estimate of drug-likeness (QED) is 0.435. The second kappa shape index (κ2) is 9.82. The number of sulfonamides is 1. The summed E-state index contributed by atoms with van der Waals surface area (Å²) in [6.07, 6.45) is 6.21. The Bertz CT molecular complexity index is 1290. The summed E-state index contributed by atoms with van der Waals surface area (Å²) in [5.74, 6) is -0.404. The van der Waals surface area contributed by atoms with E-state index in [0.29, 0.717) is 30.7 Å². The zero-order chi connectivity index (χ0) is 22.7. The fourth-order valence-corrected chi connectivity index (χ4v) is 7.89. The highest BCUT2D eigenvalue weighted by molar-refractivity contribution is 7.91. The molecule has 6 nitrogen and oxygen atoms in total. The molecule has 0 N–H and O–H groups in total. The average Bonchev–Trinajstić information content (AvgIpc) is 3.53. The zero-order valence-electron chi connectivity index (χ0n) is 18.1. The van der Waals surface area contributed by atoms with E-state index < -0.39 is 22.0 Å². The molecule has 1 unspecified atom stereocenters. The molecule has 9 heteroatoms. The van der Waals surface area contributed by atoms with Gasteiger partial charge in [-0.3, -0.25) is 4.79 Å². The smallest absolute Gasteiger partial charge is 0.266 e. The number of nitrogens with zero attached hydrogens (tertiary/aromatic N) is 3. The van der Waals surface area contributed by atoms with E-state index in [0.717, 1.165) is 29.5 Å². The van der Waals surface area contributed by atoms with Gasteiger partial charge in [0.25, 0.3) is 15.9 Å². The molecule has 3 heterocycles. The van der Waals surface area contributed by atoms with Gasteiger partial charge in [0.05, 0.1) is 10.2 Å². The maximum absolute atomic E-state index is 13.2. The van der Waals surface area contributed by atoms with Crippen LogP contribution in [0.15, 0.2) is 57.6 Å². The van der Waals surface area contributed by atoms with Crippen molar-refractivity contribution < 1.29 is 13.2 Å². The molecule has 1 fully saturated rings. The van der Waals surface area contributed by atoms with Crippen LogP contribution in [-0.4, -0.2) is 35.8 Å². The van der Waals surface area contributed by atoms with E-state index in [1.165, 1.54) is 32.5 Å². The van der Waals surface area contributed by atoms with Crippen molar-refractivity contribution >= 4 is 48.8 Å². The van der Waals surface area contributed by atoms with Gasteiger partial charge in [-0.05, 0) is 54.8 Å². The maximum Gasteiger partial charge on any atom is 0.266 e. The van der Waals surface area contributed by atoms with Gasteiger partial charge in [-0.25, -0.2) is 8.42 Å². The first-order valence-electron chi connectivity index (χ1n) is 10.8. The van der Waals surface area contributed by atoms with Crippen molar-refractivity contribution in [3.63, 3.8) is 0 Å². The number of amides is 1. The van der Waals surface area contributed by atoms with Crippen molar-refractivity contribution in [3.05, 3.63) is 58.7 Å². The molecule has 1 aliphatic rings. The van der Waals surface area contributed by atoms with Crippen molar-refractivity contribution in [1.82, 2.24) is 8.87 Å². The highest BCUT2D eigenvalue weighted by Gasteiger charge is 2.39. The van der Waals surface area contributed by atoms with Crippen LogP contribution in [0.4, 0.5) is 0 Å². The van der Waals surface area contributed by atoms with Crippen LogP contribution in [0.3, 0.4) is 0 Å². The molecule has 0 aliphatic carbocycles. The highest BCUT2D eigenvalue weighted by atomic mass is 32.2. The Hall–Kier alpha value is -2.07. The van der Waals surface area contributed by atoms with Crippen molar-refractivity contribution in [1.29, 1.82) is 0 Å². The number of hydrogen-bond acceptors (Lipinski definition) is 5. The lowest BCUT2D eigenvalue weighted by Gasteiger charge is -2.20. The lowest BCUT2D eigenvalue weighted by atomic mass is 10.1. The molecule has 0 saturated carbocycles. The van der Waals surface area contributed by atoms with Gasteiger partial charge in [0.15, 0.2) is 4.80 Å². The van der Waals surface area contributed by atoms with E-state index in [4.69, 9.17) is 0 Å². The zero-order valence-corrected chi connectivity index (χ0v) is 20.5. The Balaban J connectivity index is 1.70. The molecule has 1 atom stereocenters. The van der Waals surface area contributed by atoms with Crippen LogP contribution in [-0.2, 0) is 27.8 Å². The van der Waals surface area contributed by atoms with E-state index >= 15 is 0 Å². The van der Waals surface area contributed by atoms with Crippen LogP contribution in [0.25, 0.3) is 10.2 Å². The Kier molecular flexibility index (Phi) is 7.09. The first kappa shape index (κ1) is 23.1. The number of aryl methyl sites for hydroxylation is 1. The van der Waals surface area contributed by atoms with Gasteiger partial charge in [0.1, 0.15) is 10.3 Å². The van der Waals surface area contributed by atoms with Crippen molar-refractivity contribution in [2.75, 3.05) is 6.54 Å². The molecule has 32 heavy (non-hydrogen) atoms. The van der Waals surface area contributed by atoms with Gasteiger partial charge in [-0.2, -0.15) is 9.30 Å². The summed E-state index contributed by atoms with van der Waals surface area (Å²) < 4.78 is 30.7. The van der Waals surface area contributed by atoms with Crippen LogP contribution >= 0.6 is 22.7 Å². The van der Waals surface area contributed by atoms with E-state index in [1.54, 1.807) is 23.6 Å². The number of aromatic nitrogens is 1. The van der Waals surface area contributed by atoms with Crippen molar-refractivity contribution in [3.8, 4) is 0 Å². The molecule has 3 aromatic rings. The van der Waals surface area contributed by atoms with Crippen LogP contribution in [0.1, 0.15) is 38.2 Å². The van der Waals surface area contributed by atoms with Gasteiger partial charge in [0, 0.05) is 13.1 Å². The number of allylic oxidation sites excluding steroid dienone is 1. The maximum atomic E-state index is 13.2. The Morgan fingerprint density at radius 2 is 2.19 bits per heavy atom. The molecule has 1 saturated heterocycles. The monoisotopic (exact) mass is 489 g/mol. The summed E-state index contributed by atoms with van der Waals surface area (Å²) in [5, 5.41) is 1.73. The Morgan fingerprint density at radius 1 is 1.34 bits per heavy atom. The van der Waals surface area contributed by atoms with Crippen LogP contribution < -0.4 is 4.80 Å². The normalized spacial score (nSPS) is 17.9. The van der Waals surface area contributed by atoms with E-state index in [9.17, 15) is 13.2 Å². The first-order chi connectivity index (χ1) is 15.5. The number of rotatable bonds is 8. The largest absolute Gasteiger partial charge is 0.313 e. The first-order valence-corrected chi connectivity index (χ1v) is 14.0. The van der Waals surface area contributed by atoms with Gasteiger partial charge >= 0.3 is 0 Å². The lowest BCUT2D eigenvalue weighted by Crippen LogP contribution is -2.40. The Labute approximate surface area is 196 Å². The molecule has 0 bridgehead atoms. The van der Waals surface area contributed by atoms with Crippen LogP contribution in [0, 0.1) is 0 Å². The SMILES string of the molecule is C=CCn1c(=NC(=O)C2CCCN2S(=O)(=O)c2cccs2)sc2cc(CCCC)ccc21. The molecule has 1 aromatic carbocycles. The summed E-state index contributed by atoms with van der Waals surface area (Å²) >= 11 is 2.64. The fraction of sp³-hybridized carbons (Fsp3) is 0.391. The summed E-state index contributed by atoms with van der Waals surface area (Å²) in [6, 6.07) is 8.90. The summed E-state index contributed by atoms with van der Waals surface area (Å²) in [4.78, 5) is 18.2. The topological polar surface area (TPSA) is 71.7 Å². The summed E-state index contributed by atoms with van der Waals surface area (Å²) in [5.41, 5.74) is 2.28. The molecular weight excluding hydrogens is 462 g/mol. The second-order valence-corrected chi connectivity index (χ2v) is 11.9. The standard InChI is InChI=1S/C23H27N3O3S3/c1-3-5-8-17-11-12-18-20(16-17)31-23(25(18)13-4-2)24-22(27)19-9-6-14-26(19)32(28,29)21-10-7-15-30-21/h4,7,10-12,15-16,19H,2-3,5-6,8-9,13-14H2,1H3. The molecule has 1 aliphatic heterocycles. The van der Waals surface area contributed by atoms with E-state index in [-0.39, 0.29) is 4.21 Å². The molecule has 170 valence electrons. The minimum absolute atomic E-state index is 0.264. The molecule has 4 rings (SSSR count). The number of benzene rings is 1. The number of carbonyl (C=O) groups is 1. The predicted molar refractivity (Wildman–Crippen MR) is 130 cm³/mol. The van der Waals surface area contributed by atoms with Gasteiger partial charge < -0.3 is 4.57 Å². The molecule has 1 amide bonds. The fourth-order valence-electron chi connectivity index (χ4n) is 4.01. The minimum Gasteiger partial charge on any atom is -0.313 e. The number of fused-ring (bicyclic) bond motifs is 1. The van der Waals surface area contributed by atoms with Crippen molar-refractivity contribution in [2.45, 2.75) is 55.8 Å². The molecule has 0 radical (unpaired) electrons. The minimum atomic E-state index is -3.69. The van der Waals surface area contributed by atoms with E-state index in [2.05, 4.69) is 36.7 Å². The molecule has 0 spiro atoms. The summed E-state index contributed by atoms with van der Waals surface area (Å²) in [6.45, 7) is 6.89. The highest BCUT2D eigenvalue weighted by Crippen LogP contribution is 2.29. The number of thiazole rings is 1. The number of thiophene rings is 1. The van der Waals surface area contributed by atoms with Crippen LogP contribution in [0.5, 0.6) is 0 Å². The molecular formula is C23H27N3O3S3. The second-order valence-electron chi connectivity index (χ2n) is 7.85. The average molecular weight is 490 g/mol. The number of unbranched alkanes of at least 4 members (excludes halogenated alkanes) is 1. The third-order valence-electron chi connectivity index (χ3n) is 5.63. The molecule has 2 aromatic heterocycles. The number of hydrogen-bond donors (Lipinski definition) is 0. The lowest BCUT2D eigenvalue weighted by molar-refractivity contribution is -0.121. The van der Waals surface area contributed by atoms with Gasteiger partial charge in [-0.15, -0.1) is 17.9 Å². The number of carbonyl (C=O) groups excluding carboxylic acids is 1. The third-order valence-corrected chi connectivity index (χ3v) is 9.95. The predicted octanol–water partition coefficient (Wildman–Crippen LogP) is 4.57. The Morgan fingerprint density at radius 3 is 2.91 bits per heavy atom.